The van der Waals surface area contributed by atoms with E-state index >= 15 is 0 Å². The molecule has 0 aliphatic rings. The summed E-state index contributed by atoms with van der Waals surface area (Å²) in [4.78, 5) is 16.7. The zero-order valence-electron chi connectivity index (χ0n) is 10.9. The SMILES string of the molecule is Cc1ccc(C(=O)N(N)c2nc3ccccc3s2)cc1. The maximum absolute atomic E-state index is 12.3. The highest BCUT2D eigenvalue weighted by molar-refractivity contribution is 7.22. The van der Waals surface area contributed by atoms with Crippen molar-refractivity contribution in [3.05, 3.63) is 59.7 Å². The topological polar surface area (TPSA) is 59.2 Å². The van der Waals surface area contributed by atoms with Gasteiger partial charge in [0, 0.05) is 5.56 Å². The van der Waals surface area contributed by atoms with Crippen molar-refractivity contribution in [2.24, 2.45) is 5.84 Å². The lowest BCUT2D eigenvalue weighted by molar-refractivity contribution is 0.0987. The molecule has 0 aliphatic carbocycles. The van der Waals surface area contributed by atoms with Crippen LogP contribution in [0.1, 0.15) is 15.9 Å². The first-order valence-electron chi connectivity index (χ1n) is 6.16. The Balaban J connectivity index is 1.93. The van der Waals surface area contributed by atoms with E-state index in [1.54, 1.807) is 12.1 Å². The molecule has 0 fully saturated rings. The number of hydrogen-bond donors (Lipinski definition) is 1. The molecule has 2 N–H and O–H groups in total. The van der Waals surface area contributed by atoms with Gasteiger partial charge in [-0.1, -0.05) is 41.2 Å². The number of aryl methyl sites for hydroxylation is 1. The molecule has 0 unspecified atom stereocenters. The van der Waals surface area contributed by atoms with E-state index in [-0.39, 0.29) is 5.91 Å². The molecule has 4 nitrogen and oxygen atoms in total. The Morgan fingerprint density at radius 1 is 1.15 bits per heavy atom. The Bertz CT molecular complexity index is 731. The minimum absolute atomic E-state index is 0.260. The van der Waals surface area contributed by atoms with Gasteiger partial charge >= 0.3 is 0 Å². The fraction of sp³-hybridized carbons (Fsp3) is 0.0667. The minimum atomic E-state index is -0.260. The molecular formula is C15H13N3OS. The lowest BCUT2D eigenvalue weighted by Crippen LogP contribution is -2.37. The fourth-order valence-corrected chi connectivity index (χ4v) is 2.77. The number of carbonyl (C=O) groups is 1. The molecule has 1 aromatic heterocycles. The number of benzene rings is 2. The minimum Gasteiger partial charge on any atom is -0.267 e. The molecule has 1 amide bonds. The summed E-state index contributed by atoms with van der Waals surface area (Å²) in [6.45, 7) is 1.97. The highest BCUT2D eigenvalue weighted by Crippen LogP contribution is 2.27. The summed E-state index contributed by atoms with van der Waals surface area (Å²) in [5.74, 6) is 5.64. The van der Waals surface area contributed by atoms with Gasteiger partial charge in [-0.2, -0.15) is 0 Å². The van der Waals surface area contributed by atoms with Crippen LogP contribution < -0.4 is 10.9 Å². The first-order chi connectivity index (χ1) is 9.65. The van der Waals surface area contributed by atoms with Crippen LogP contribution in [0.2, 0.25) is 0 Å². The number of anilines is 1. The number of thiazole rings is 1. The number of amides is 1. The maximum atomic E-state index is 12.3. The molecule has 5 heteroatoms. The van der Waals surface area contributed by atoms with E-state index in [0.717, 1.165) is 20.8 Å². The van der Waals surface area contributed by atoms with E-state index in [0.29, 0.717) is 10.7 Å². The molecule has 0 atom stereocenters. The Morgan fingerprint density at radius 3 is 2.55 bits per heavy atom. The van der Waals surface area contributed by atoms with Gasteiger partial charge in [-0.05, 0) is 31.2 Å². The molecule has 3 rings (SSSR count). The third-order valence-electron chi connectivity index (χ3n) is 3.01. The lowest BCUT2D eigenvalue weighted by atomic mass is 10.1. The summed E-state index contributed by atoms with van der Waals surface area (Å²) >= 11 is 1.40. The van der Waals surface area contributed by atoms with Crippen molar-refractivity contribution < 1.29 is 4.79 Å². The number of nitrogens with two attached hydrogens (primary N) is 1. The van der Waals surface area contributed by atoms with Crippen molar-refractivity contribution in [1.82, 2.24) is 4.98 Å². The first-order valence-corrected chi connectivity index (χ1v) is 6.98. The second kappa shape index (κ2) is 5.03. The number of hydrazine groups is 1. The molecule has 0 saturated heterocycles. The first kappa shape index (κ1) is 12.8. The summed E-state index contributed by atoms with van der Waals surface area (Å²) in [6, 6.07) is 15.0. The van der Waals surface area contributed by atoms with Gasteiger partial charge in [0.1, 0.15) is 0 Å². The summed E-state index contributed by atoms with van der Waals surface area (Å²) < 4.78 is 1.01. The van der Waals surface area contributed by atoms with Crippen LogP contribution in [0.4, 0.5) is 5.13 Å². The van der Waals surface area contributed by atoms with Crippen LogP contribution in [-0.2, 0) is 0 Å². The van der Waals surface area contributed by atoms with Crippen LogP contribution in [0.15, 0.2) is 48.5 Å². The second-order valence-corrected chi connectivity index (χ2v) is 5.51. The Labute approximate surface area is 120 Å². The van der Waals surface area contributed by atoms with Gasteiger partial charge in [0.15, 0.2) is 0 Å². The van der Waals surface area contributed by atoms with Crippen molar-refractivity contribution in [3.8, 4) is 0 Å². The molecule has 1 heterocycles. The van der Waals surface area contributed by atoms with Gasteiger partial charge in [-0.25, -0.2) is 15.8 Å². The molecular weight excluding hydrogens is 270 g/mol. The molecule has 2 aromatic carbocycles. The number of nitrogens with zero attached hydrogens (tertiary/aromatic N) is 2. The molecule has 3 aromatic rings. The van der Waals surface area contributed by atoms with E-state index in [2.05, 4.69) is 4.98 Å². The number of para-hydroxylation sites is 1. The molecule has 20 heavy (non-hydrogen) atoms. The largest absolute Gasteiger partial charge is 0.274 e. The lowest BCUT2D eigenvalue weighted by Gasteiger charge is -2.12. The summed E-state index contributed by atoms with van der Waals surface area (Å²) in [6.07, 6.45) is 0. The van der Waals surface area contributed by atoms with Gasteiger partial charge in [-0.15, -0.1) is 0 Å². The molecule has 100 valence electrons. The van der Waals surface area contributed by atoms with E-state index in [1.165, 1.54) is 11.3 Å². The third kappa shape index (κ3) is 2.29. The summed E-state index contributed by atoms with van der Waals surface area (Å²) in [5.41, 5.74) is 2.50. The quantitative estimate of drug-likeness (QED) is 0.446. The van der Waals surface area contributed by atoms with Crippen molar-refractivity contribution in [3.63, 3.8) is 0 Å². The molecule has 0 bridgehead atoms. The standard InChI is InChI=1S/C15H13N3OS/c1-10-6-8-11(9-7-10)14(19)18(16)15-17-12-4-2-3-5-13(12)20-15/h2-9H,16H2,1H3. The molecule has 0 saturated carbocycles. The average molecular weight is 283 g/mol. The number of aromatic nitrogens is 1. The van der Waals surface area contributed by atoms with Gasteiger partial charge in [-0.3, -0.25) is 4.79 Å². The van der Waals surface area contributed by atoms with Crippen LogP contribution in [-0.4, -0.2) is 10.9 Å². The highest BCUT2D eigenvalue weighted by atomic mass is 32.1. The average Bonchev–Trinajstić information content (AvgIpc) is 2.90. The van der Waals surface area contributed by atoms with E-state index in [4.69, 9.17) is 5.84 Å². The number of hydrogen-bond acceptors (Lipinski definition) is 4. The van der Waals surface area contributed by atoms with Crippen molar-refractivity contribution in [2.75, 3.05) is 5.01 Å². The van der Waals surface area contributed by atoms with Gasteiger partial charge in [0.05, 0.1) is 10.2 Å². The van der Waals surface area contributed by atoms with Crippen LogP contribution in [0.3, 0.4) is 0 Å². The number of fused-ring (bicyclic) bond motifs is 1. The number of carbonyl (C=O) groups excluding carboxylic acids is 1. The Kier molecular flexibility index (Phi) is 3.22. The predicted octanol–water partition coefficient (Wildman–Crippen LogP) is 3.13. The zero-order valence-corrected chi connectivity index (χ0v) is 11.7. The maximum Gasteiger partial charge on any atom is 0.274 e. The van der Waals surface area contributed by atoms with E-state index < -0.39 is 0 Å². The second-order valence-electron chi connectivity index (χ2n) is 4.51. The van der Waals surface area contributed by atoms with Crippen molar-refractivity contribution in [2.45, 2.75) is 6.92 Å². The Hall–Kier alpha value is -2.24. The van der Waals surface area contributed by atoms with Crippen LogP contribution in [0, 0.1) is 6.92 Å². The van der Waals surface area contributed by atoms with Crippen LogP contribution in [0.25, 0.3) is 10.2 Å². The summed E-state index contributed by atoms with van der Waals surface area (Å²) in [7, 11) is 0. The van der Waals surface area contributed by atoms with Crippen LogP contribution >= 0.6 is 11.3 Å². The van der Waals surface area contributed by atoms with Crippen molar-refractivity contribution >= 4 is 32.6 Å². The normalized spacial score (nSPS) is 10.7. The van der Waals surface area contributed by atoms with Crippen LogP contribution in [0.5, 0.6) is 0 Å². The van der Waals surface area contributed by atoms with Gasteiger partial charge in [0.2, 0.25) is 5.13 Å². The smallest absolute Gasteiger partial charge is 0.267 e. The van der Waals surface area contributed by atoms with Gasteiger partial charge in [0.25, 0.3) is 5.91 Å². The molecule has 0 aliphatic heterocycles. The molecule has 0 spiro atoms. The number of rotatable bonds is 2. The van der Waals surface area contributed by atoms with Gasteiger partial charge < -0.3 is 0 Å². The Morgan fingerprint density at radius 2 is 1.85 bits per heavy atom. The van der Waals surface area contributed by atoms with E-state index in [9.17, 15) is 4.79 Å². The summed E-state index contributed by atoms with van der Waals surface area (Å²) in [5, 5.41) is 1.60. The van der Waals surface area contributed by atoms with E-state index in [1.807, 2.05) is 43.3 Å². The van der Waals surface area contributed by atoms with Crippen molar-refractivity contribution in [1.29, 1.82) is 0 Å². The fourth-order valence-electron chi connectivity index (χ4n) is 1.89. The highest BCUT2D eigenvalue weighted by Gasteiger charge is 2.17. The zero-order chi connectivity index (χ0) is 14.1. The molecule has 0 radical (unpaired) electrons. The monoisotopic (exact) mass is 283 g/mol. The third-order valence-corrected chi connectivity index (χ3v) is 4.04. The predicted molar refractivity (Wildman–Crippen MR) is 81.8 cm³/mol.